The van der Waals surface area contributed by atoms with Gasteiger partial charge in [-0.05, 0) is 25.5 Å². The van der Waals surface area contributed by atoms with Gasteiger partial charge in [0.2, 0.25) is 0 Å². The first-order chi connectivity index (χ1) is 6.24. The van der Waals surface area contributed by atoms with Crippen molar-refractivity contribution < 1.29 is 4.39 Å². The third-order valence-corrected chi connectivity index (χ3v) is 1.96. The van der Waals surface area contributed by atoms with Crippen LogP contribution in [-0.4, -0.2) is 25.3 Å². The summed E-state index contributed by atoms with van der Waals surface area (Å²) in [5.74, 6) is 0. The average Bonchev–Trinajstić information content (AvgIpc) is 2.15. The maximum Gasteiger partial charge on any atom is 0.0911 e. The zero-order valence-corrected chi connectivity index (χ0v) is 8.13. The van der Waals surface area contributed by atoms with Gasteiger partial charge in [0.15, 0.2) is 0 Å². The minimum atomic E-state index is -0.260. The molecule has 0 amide bonds. The summed E-state index contributed by atoms with van der Waals surface area (Å²) in [6.45, 7) is 2.43. The summed E-state index contributed by atoms with van der Waals surface area (Å²) < 4.78 is 11.9. The van der Waals surface area contributed by atoms with Gasteiger partial charge in [-0.25, -0.2) is 0 Å². The Bertz CT molecular complexity index is 246. The molecule has 13 heavy (non-hydrogen) atoms. The van der Waals surface area contributed by atoms with Crippen LogP contribution in [0.4, 0.5) is 10.1 Å². The Morgan fingerprint density at radius 3 is 2.77 bits per heavy atom. The second kappa shape index (κ2) is 4.80. The summed E-state index contributed by atoms with van der Waals surface area (Å²) in [6.07, 6.45) is 2.39. The third kappa shape index (κ3) is 3.01. The molecule has 0 bridgehead atoms. The van der Waals surface area contributed by atoms with Crippen LogP contribution in [0.1, 0.15) is 12.1 Å². The SMILES string of the molecule is Cc1ccc(N(C)CCCF)cn1. The van der Waals surface area contributed by atoms with E-state index in [9.17, 15) is 4.39 Å². The van der Waals surface area contributed by atoms with Crippen LogP contribution in [0.15, 0.2) is 18.3 Å². The number of anilines is 1. The van der Waals surface area contributed by atoms with Crippen molar-refractivity contribution in [2.24, 2.45) is 0 Å². The molecular formula is C10H15FN2. The van der Waals surface area contributed by atoms with Gasteiger partial charge in [-0.15, -0.1) is 0 Å². The van der Waals surface area contributed by atoms with Gasteiger partial charge < -0.3 is 4.90 Å². The number of hydrogen-bond donors (Lipinski definition) is 0. The number of pyridine rings is 1. The number of rotatable bonds is 4. The first-order valence-electron chi connectivity index (χ1n) is 4.44. The molecule has 1 aromatic rings. The second-order valence-corrected chi connectivity index (χ2v) is 3.12. The van der Waals surface area contributed by atoms with Crippen molar-refractivity contribution in [2.75, 3.05) is 25.2 Å². The van der Waals surface area contributed by atoms with Crippen molar-refractivity contribution >= 4 is 5.69 Å². The fourth-order valence-electron chi connectivity index (χ4n) is 1.11. The van der Waals surface area contributed by atoms with Gasteiger partial charge in [0.25, 0.3) is 0 Å². The fraction of sp³-hybridized carbons (Fsp3) is 0.500. The van der Waals surface area contributed by atoms with E-state index in [0.29, 0.717) is 6.42 Å². The quantitative estimate of drug-likeness (QED) is 0.709. The second-order valence-electron chi connectivity index (χ2n) is 3.12. The standard InChI is InChI=1S/C10H15FN2/c1-9-4-5-10(8-12-9)13(2)7-3-6-11/h4-5,8H,3,6-7H2,1-2H3. The van der Waals surface area contributed by atoms with Gasteiger partial charge in [-0.2, -0.15) is 0 Å². The highest BCUT2D eigenvalue weighted by molar-refractivity contribution is 5.43. The Balaban J connectivity index is 2.55. The topological polar surface area (TPSA) is 16.1 Å². The number of hydrogen-bond acceptors (Lipinski definition) is 2. The lowest BCUT2D eigenvalue weighted by molar-refractivity contribution is 0.474. The normalized spacial score (nSPS) is 10.1. The van der Waals surface area contributed by atoms with Crippen molar-refractivity contribution in [3.05, 3.63) is 24.0 Å². The molecule has 0 aromatic carbocycles. The highest BCUT2D eigenvalue weighted by Crippen LogP contribution is 2.10. The van der Waals surface area contributed by atoms with Crippen molar-refractivity contribution in [3.8, 4) is 0 Å². The van der Waals surface area contributed by atoms with Gasteiger partial charge in [0.1, 0.15) is 0 Å². The van der Waals surface area contributed by atoms with E-state index in [-0.39, 0.29) is 6.67 Å². The summed E-state index contributed by atoms with van der Waals surface area (Å²) in [4.78, 5) is 6.18. The van der Waals surface area contributed by atoms with Gasteiger partial charge >= 0.3 is 0 Å². The van der Waals surface area contributed by atoms with Crippen LogP contribution in [-0.2, 0) is 0 Å². The average molecular weight is 182 g/mol. The van der Waals surface area contributed by atoms with Gasteiger partial charge in [-0.1, -0.05) is 0 Å². The molecule has 0 aliphatic carbocycles. The molecule has 0 N–H and O–H groups in total. The minimum Gasteiger partial charge on any atom is -0.373 e. The van der Waals surface area contributed by atoms with Crippen LogP contribution in [0.2, 0.25) is 0 Å². The zero-order valence-electron chi connectivity index (χ0n) is 8.13. The summed E-state index contributed by atoms with van der Waals surface area (Å²) in [7, 11) is 1.95. The fourth-order valence-corrected chi connectivity index (χ4v) is 1.11. The van der Waals surface area contributed by atoms with Crippen LogP contribution in [0.25, 0.3) is 0 Å². The highest BCUT2D eigenvalue weighted by Gasteiger charge is 1.99. The van der Waals surface area contributed by atoms with Gasteiger partial charge in [0, 0.05) is 19.3 Å². The number of aryl methyl sites for hydroxylation is 1. The lowest BCUT2D eigenvalue weighted by Gasteiger charge is -2.17. The Hall–Kier alpha value is -1.12. The Morgan fingerprint density at radius 1 is 1.46 bits per heavy atom. The molecule has 1 rings (SSSR count). The molecule has 0 spiro atoms. The summed E-state index contributed by atoms with van der Waals surface area (Å²) >= 11 is 0. The van der Waals surface area contributed by atoms with Crippen LogP contribution in [0, 0.1) is 6.92 Å². The molecule has 0 atom stereocenters. The van der Waals surface area contributed by atoms with E-state index in [0.717, 1.165) is 17.9 Å². The lowest BCUT2D eigenvalue weighted by Crippen LogP contribution is -2.18. The number of aromatic nitrogens is 1. The van der Waals surface area contributed by atoms with E-state index in [2.05, 4.69) is 4.98 Å². The summed E-state index contributed by atoms with van der Waals surface area (Å²) in [5.41, 5.74) is 2.04. The molecule has 72 valence electrons. The summed E-state index contributed by atoms with van der Waals surface area (Å²) in [5, 5.41) is 0. The van der Waals surface area contributed by atoms with E-state index in [1.54, 1.807) is 0 Å². The molecule has 0 fully saturated rings. The molecule has 0 radical (unpaired) electrons. The largest absolute Gasteiger partial charge is 0.373 e. The Morgan fingerprint density at radius 2 is 2.23 bits per heavy atom. The Labute approximate surface area is 78.4 Å². The number of halogens is 1. The molecule has 0 aliphatic rings. The first-order valence-corrected chi connectivity index (χ1v) is 4.44. The molecule has 1 heterocycles. The van der Waals surface area contributed by atoms with Crippen LogP contribution in [0.3, 0.4) is 0 Å². The van der Waals surface area contributed by atoms with Crippen LogP contribution >= 0.6 is 0 Å². The monoisotopic (exact) mass is 182 g/mol. The van der Waals surface area contributed by atoms with Gasteiger partial charge in [-0.3, -0.25) is 9.37 Å². The molecule has 0 saturated heterocycles. The van der Waals surface area contributed by atoms with E-state index in [1.807, 2.05) is 37.2 Å². The van der Waals surface area contributed by atoms with E-state index in [4.69, 9.17) is 0 Å². The van der Waals surface area contributed by atoms with Crippen LogP contribution < -0.4 is 4.90 Å². The molecule has 1 aromatic heterocycles. The molecule has 0 saturated carbocycles. The molecule has 2 nitrogen and oxygen atoms in total. The number of alkyl halides is 1. The van der Waals surface area contributed by atoms with E-state index in [1.165, 1.54) is 0 Å². The number of nitrogens with zero attached hydrogens (tertiary/aromatic N) is 2. The predicted molar refractivity (Wildman–Crippen MR) is 52.8 cm³/mol. The van der Waals surface area contributed by atoms with Crippen molar-refractivity contribution in [1.82, 2.24) is 4.98 Å². The zero-order chi connectivity index (χ0) is 9.68. The van der Waals surface area contributed by atoms with E-state index < -0.39 is 0 Å². The maximum absolute atomic E-state index is 11.9. The predicted octanol–water partition coefficient (Wildman–Crippen LogP) is 2.19. The van der Waals surface area contributed by atoms with Gasteiger partial charge in [0.05, 0.1) is 18.6 Å². The molecule has 0 aliphatic heterocycles. The van der Waals surface area contributed by atoms with Crippen LogP contribution in [0.5, 0.6) is 0 Å². The molecular weight excluding hydrogens is 167 g/mol. The first kappa shape index (κ1) is 9.96. The maximum atomic E-state index is 11.9. The lowest BCUT2D eigenvalue weighted by atomic mass is 10.3. The van der Waals surface area contributed by atoms with Crippen molar-refractivity contribution in [3.63, 3.8) is 0 Å². The van der Waals surface area contributed by atoms with Crippen molar-refractivity contribution in [1.29, 1.82) is 0 Å². The molecule has 0 unspecified atom stereocenters. The minimum absolute atomic E-state index is 0.260. The Kier molecular flexibility index (Phi) is 3.68. The van der Waals surface area contributed by atoms with E-state index >= 15 is 0 Å². The third-order valence-electron chi connectivity index (χ3n) is 1.96. The highest BCUT2D eigenvalue weighted by atomic mass is 19.1. The smallest absolute Gasteiger partial charge is 0.0911 e. The molecule has 3 heteroatoms. The summed E-state index contributed by atoms with van der Waals surface area (Å²) in [6, 6.07) is 3.96. The van der Waals surface area contributed by atoms with Crippen molar-refractivity contribution in [2.45, 2.75) is 13.3 Å².